The van der Waals surface area contributed by atoms with Gasteiger partial charge < -0.3 is 10.8 Å². The SMILES string of the molecule is Cl.NCCc1cn[nH]c1-c1ccc(O)cc1. The zero-order chi connectivity index (χ0) is 10.7. The molecule has 0 amide bonds. The fraction of sp³-hybridized carbons (Fsp3) is 0.182. The van der Waals surface area contributed by atoms with Gasteiger partial charge in [-0.3, -0.25) is 5.10 Å². The van der Waals surface area contributed by atoms with Gasteiger partial charge in [-0.1, -0.05) is 0 Å². The Labute approximate surface area is 99.9 Å². The number of phenols is 1. The van der Waals surface area contributed by atoms with Crippen molar-refractivity contribution >= 4 is 12.4 Å². The fourth-order valence-corrected chi connectivity index (χ4v) is 1.53. The Morgan fingerprint density at radius 1 is 1.25 bits per heavy atom. The number of hydrogen-bond acceptors (Lipinski definition) is 3. The molecule has 0 saturated heterocycles. The van der Waals surface area contributed by atoms with Crippen LogP contribution in [0.5, 0.6) is 5.75 Å². The van der Waals surface area contributed by atoms with Gasteiger partial charge in [0, 0.05) is 5.56 Å². The molecule has 16 heavy (non-hydrogen) atoms. The second kappa shape index (κ2) is 5.53. The summed E-state index contributed by atoms with van der Waals surface area (Å²) in [6.07, 6.45) is 2.59. The third-order valence-corrected chi connectivity index (χ3v) is 2.29. The number of phenolic OH excluding ortho intramolecular Hbond substituents is 1. The van der Waals surface area contributed by atoms with Crippen molar-refractivity contribution in [1.82, 2.24) is 10.2 Å². The number of nitrogens with two attached hydrogens (primary N) is 1. The van der Waals surface area contributed by atoms with Gasteiger partial charge in [-0.2, -0.15) is 5.10 Å². The number of benzene rings is 1. The molecule has 2 aromatic rings. The molecule has 0 saturated carbocycles. The lowest BCUT2D eigenvalue weighted by molar-refractivity contribution is 0.475. The average molecular weight is 240 g/mol. The van der Waals surface area contributed by atoms with Crippen LogP contribution in [0.15, 0.2) is 30.5 Å². The second-order valence-corrected chi connectivity index (χ2v) is 3.36. The van der Waals surface area contributed by atoms with Crippen molar-refractivity contribution in [3.05, 3.63) is 36.0 Å². The summed E-state index contributed by atoms with van der Waals surface area (Å²) in [5.74, 6) is 0.263. The van der Waals surface area contributed by atoms with E-state index in [0.29, 0.717) is 6.54 Å². The van der Waals surface area contributed by atoms with E-state index in [4.69, 9.17) is 5.73 Å². The predicted molar refractivity (Wildman–Crippen MR) is 65.7 cm³/mol. The number of aromatic hydroxyl groups is 1. The van der Waals surface area contributed by atoms with E-state index in [1.807, 2.05) is 12.1 Å². The van der Waals surface area contributed by atoms with E-state index >= 15 is 0 Å². The van der Waals surface area contributed by atoms with Gasteiger partial charge in [-0.15, -0.1) is 12.4 Å². The van der Waals surface area contributed by atoms with Crippen LogP contribution in [0.2, 0.25) is 0 Å². The number of aromatic nitrogens is 2. The number of nitrogens with one attached hydrogen (secondary N) is 1. The van der Waals surface area contributed by atoms with Gasteiger partial charge in [-0.05, 0) is 42.8 Å². The van der Waals surface area contributed by atoms with Gasteiger partial charge in [0.15, 0.2) is 0 Å². The van der Waals surface area contributed by atoms with Crippen LogP contribution in [0.4, 0.5) is 0 Å². The summed E-state index contributed by atoms with van der Waals surface area (Å²) in [6, 6.07) is 7.01. The van der Waals surface area contributed by atoms with Gasteiger partial charge in [0.25, 0.3) is 0 Å². The van der Waals surface area contributed by atoms with Gasteiger partial charge in [0.2, 0.25) is 0 Å². The Hall–Kier alpha value is -1.52. The molecule has 0 aliphatic heterocycles. The number of rotatable bonds is 3. The van der Waals surface area contributed by atoms with Gasteiger partial charge in [0.1, 0.15) is 5.75 Å². The first-order valence-electron chi connectivity index (χ1n) is 4.83. The smallest absolute Gasteiger partial charge is 0.115 e. The quantitative estimate of drug-likeness (QED) is 0.763. The van der Waals surface area contributed by atoms with Crippen LogP contribution in [0.1, 0.15) is 5.56 Å². The van der Waals surface area contributed by atoms with Crippen LogP contribution in [0.3, 0.4) is 0 Å². The van der Waals surface area contributed by atoms with Crippen molar-refractivity contribution in [2.24, 2.45) is 5.73 Å². The van der Waals surface area contributed by atoms with Crippen molar-refractivity contribution < 1.29 is 5.11 Å². The minimum atomic E-state index is 0. The highest BCUT2D eigenvalue weighted by atomic mass is 35.5. The molecular weight excluding hydrogens is 226 g/mol. The van der Waals surface area contributed by atoms with Crippen LogP contribution in [-0.4, -0.2) is 21.8 Å². The maximum Gasteiger partial charge on any atom is 0.115 e. The molecule has 0 unspecified atom stereocenters. The summed E-state index contributed by atoms with van der Waals surface area (Å²) in [7, 11) is 0. The molecule has 4 nitrogen and oxygen atoms in total. The third kappa shape index (κ3) is 2.53. The molecule has 0 aliphatic carbocycles. The summed E-state index contributed by atoms with van der Waals surface area (Å²) >= 11 is 0. The molecule has 1 heterocycles. The predicted octanol–water partition coefficient (Wildman–Crippen LogP) is 1.71. The van der Waals surface area contributed by atoms with Crippen molar-refractivity contribution in [3.8, 4) is 17.0 Å². The van der Waals surface area contributed by atoms with Crippen molar-refractivity contribution in [2.75, 3.05) is 6.54 Å². The molecule has 2 rings (SSSR count). The van der Waals surface area contributed by atoms with E-state index in [9.17, 15) is 5.11 Å². The van der Waals surface area contributed by atoms with E-state index in [1.54, 1.807) is 18.3 Å². The van der Waals surface area contributed by atoms with Crippen LogP contribution in [-0.2, 0) is 6.42 Å². The number of nitrogens with zero attached hydrogens (tertiary/aromatic N) is 1. The lowest BCUT2D eigenvalue weighted by Gasteiger charge is -2.01. The molecular formula is C11H14ClN3O. The molecule has 4 N–H and O–H groups in total. The summed E-state index contributed by atoms with van der Waals surface area (Å²) in [5.41, 5.74) is 8.59. The van der Waals surface area contributed by atoms with Crippen LogP contribution < -0.4 is 5.73 Å². The lowest BCUT2D eigenvalue weighted by atomic mass is 10.1. The highest BCUT2D eigenvalue weighted by Crippen LogP contribution is 2.23. The monoisotopic (exact) mass is 239 g/mol. The van der Waals surface area contributed by atoms with Gasteiger partial charge in [-0.25, -0.2) is 0 Å². The summed E-state index contributed by atoms with van der Waals surface area (Å²) in [5, 5.41) is 16.1. The van der Waals surface area contributed by atoms with E-state index < -0.39 is 0 Å². The first kappa shape index (κ1) is 12.5. The standard InChI is InChI=1S/C11H13N3O.ClH/c12-6-5-9-7-13-14-11(9)8-1-3-10(15)4-2-8;/h1-4,7,15H,5-6,12H2,(H,13,14);1H. The highest BCUT2D eigenvalue weighted by molar-refractivity contribution is 5.85. The molecule has 1 aromatic heterocycles. The molecule has 0 atom stereocenters. The first-order chi connectivity index (χ1) is 7.31. The molecule has 0 bridgehead atoms. The Kier molecular flexibility index (Phi) is 4.34. The van der Waals surface area contributed by atoms with E-state index in [-0.39, 0.29) is 18.2 Å². The molecule has 0 fully saturated rings. The second-order valence-electron chi connectivity index (χ2n) is 3.36. The zero-order valence-electron chi connectivity index (χ0n) is 8.68. The maximum atomic E-state index is 9.18. The van der Waals surface area contributed by atoms with Gasteiger partial charge >= 0.3 is 0 Å². The Morgan fingerprint density at radius 2 is 1.94 bits per heavy atom. The van der Waals surface area contributed by atoms with Crippen molar-refractivity contribution in [2.45, 2.75) is 6.42 Å². The number of hydrogen-bond donors (Lipinski definition) is 3. The van der Waals surface area contributed by atoms with Crippen LogP contribution in [0, 0.1) is 0 Å². The van der Waals surface area contributed by atoms with E-state index in [2.05, 4.69) is 10.2 Å². The van der Waals surface area contributed by atoms with Gasteiger partial charge in [0.05, 0.1) is 11.9 Å². The maximum absolute atomic E-state index is 9.18. The average Bonchev–Trinajstić information content (AvgIpc) is 2.68. The Bertz CT molecular complexity index is 439. The summed E-state index contributed by atoms with van der Waals surface area (Å²) in [6.45, 7) is 0.602. The molecule has 1 aromatic carbocycles. The van der Waals surface area contributed by atoms with Crippen molar-refractivity contribution in [1.29, 1.82) is 0 Å². The summed E-state index contributed by atoms with van der Waals surface area (Å²) in [4.78, 5) is 0. The minimum Gasteiger partial charge on any atom is -0.508 e. The molecule has 86 valence electrons. The number of aromatic amines is 1. The van der Waals surface area contributed by atoms with E-state index in [0.717, 1.165) is 23.2 Å². The Balaban J connectivity index is 0.00000128. The molecule has 0 aliphatic rings. The summed E-state index contributed by atoms with van der Waals surface area (Å²) < 4.78 is 0. The highest BCUT2D eigenvalue weighted by Gasteiger charge is 2.06. The number of halogens is 1. The zero-order valence-corrected chi connectivity index (χ0v) is 9.50. The molecule has 0 spiro atoms. The minimum absolute atomic E-state index is 0. The van der Waals surface area contributed by atoms with Crippen molar-refractivity contribution in [3.63, 3.8) is 0 Å². The lowest BCUT2D eigenvalue weighted by Crippen LogP contribution is -2.02. The Morgan fingerprint density at radius 3 is 2.56 bits per heavy atom. The fourth-order valence-electron chi connectivity index (χ4n) is 1.53. The van der Waals surface area contributed by atoms with Crippen LogP contribution in [0.25, 0.3) is 11.3 Å². The molecule has 0 radical (unpaired) electrons. The number of H-pyrrole nitrogens is 1. The first-order valence-corrected chi connectivity index (χ1v) is 4.83. The topological polar surface area (TPSA) is 74.9 Å². The molecule has 5 heteroatoms. The largest absolute Gasteiger partial charge is 0.508 e. The van der Waals surface area contributed by atoms with E-state index in [1.165, 1.54) is 0 Å². The van der Waals surface area contributed by atoms with Crippen LogP contribution >= 0.6 is 12.4 Å². The normalized spacial score (nSPS) is 9.81. The third-order valence-electron chi connectivity index (χ3n) is 2.29.